The average Bonchev–Trinajstić information content (AvgIpc) is 2.54. The molecule has 0 N–H and O–H groups in total. The number of esters is 2. The molecule has 8 heteroatoms. The second-order valence-corrected chi connectivity index (χ2v) is 4.34. The van der Waals surface area contributed by atoms with Crippen molar-refractivity contribution in [3.63, 3.8) is 0 Å². The first-order valence-electron chi connectivity index (χ1n) is 6.34. The first-order valence-corrected chi connectivity index (χ1v) is 6.34. The van der Waals surface area contributed by atoms with E-state index in [4.69, 9.17) is 4.74 Å². The van der Waals surface area contributed by atoms with E-state index in [1.165, 1.54) is 31.3 Å². The highest BCUT2D eigenvalue weighted by Crippen LogP contribution is 2.05. The Kier molecular flexibility index (Phi) is 4.59. The van der Waals surface area contributed by atoms with Crippen LogP contribution in [0.4, 0.5) is 0 Å². The molecule has 0 unspecified atom stereocenters. The Morgan fingerprint density at radius 2 is 1.52 bits per heavy atom. The molecule has 2 heterocycles. The number of aromatic nitrogens is 1. The zero-order valence-electron chi connectivity index (χ0n) is 11.8. The van der Waals surface area contributed by atoms with E-state index in [9.17, 15) is 14.4 Å². The zero-order chi connectivity index (χ0) is 15.4. The SMILES string of the molecule is COC(=O)c1cn(N2CCOCC2)cc(C(=O)OC)c1=O. The van der Waals surface area contributed by atoms with Crippen LogP contribution in [0.3, 0.4) is 0 Å². The summed E-state index contributed by atoms with van der Waals surface area (Å²) in [6.45, 7) is 2.19. The number of morpholine rings is 1. The quantitative estimate of drug-likeness (QED) is 0.688. The molecule has 1 aliphatic heterocycles. The Bertz CT molecular complexity index is 563. The number of carbonyl (C=O) groups excluding carboxylic acids is 2. The van der Waals surface area contributed by atoms with Gasteiger partial charge < -0.3 is 19.2 Å². The third-order valence-corrected chi connectivity index (χ3v) is 3.14. The van der Waals surface area contributed by atoms with Crippen LogP contribution in [0.2, 0.25) is 0 Å². The molecule has 0 aliphatic carbocycles. The number of methoxy groups -OCH3 is 2. The Morgan fingerprint density at radius 1 is 1.05 bits per heavy atom. The summed E-state index contributed by atoms with van der Waals surface area (Å²) in [6.07, 6.45) is 2.71. The van der Waals surface area contributed by atoms with Crippen molar-refractivity contribution in [2.75, 3.05) is 45.5 Å². The van der Waals surface area contributed by atoms with E-state index < -0.39 is 17.4 Å². The summed E-state index contributed by atoms with van der Waals surface area (Å²) in [7, 11) is 2.34. The van der Waals surface area contributed by atoms with Gasteiger partial charge in [-0.05, 0) is 0 Å². The van der Waals surface area contributed by atoms with E-state index in [1.807, 2.05) is 5.01 Å². The number of hydrogen-bond donors (Lipinski definition) is 0. The third-order valence-electron chi connectivity index (χ3n) is 3.14. The first kappa shape index (κ1) is 15.0. The summed E-state index contributed by atoms with van der Waals surface area (Å²) < 4.78 is 15.9. The number of rotatable bonds is 3. The molecule has 1 aliphatic rings. The fourth-order valence-corrected chi connectivity index (χ4v) is 2.02. The normalized spacial score (nSPS) is 14.7. The number of ether oxygens (including phenoxy) is 3. The molecule has 0 amide bonds. The van der Waals surface area contributed by atoms with Crippen molar-refractivity contribution in [2.45, 2.75) is 0 Å². The van der Waals surface area contributed by atoms with Crippen LogP contribution in [-0.2, 0) is 14.2 Å². The molecule has 2 rings (SSSR count). The summed E-state index contributed by atoms with van der Waals surface area (Å²) >= 11 is 0. The van der Waals surface area contributed by atoms with Crippen LogP contribution < -0.4 is 10.4 Å². The minimum atomic E-state index is -0.798. The molecule has 21 heavy (non-hydrogen) atoms. The van der Waals surface area contributed by atoms with Gasteiger partial charge in [0.2, 0.25) is 5.43 Å². The average molecular weight is 296 g/mol. The van der Waals surface area contributed by atoms with Gasteiger partial charge in [0.25, 0.3) is 0 Å². The largest absolute Gasteiger partial charge is 0.465 e. The van der Waals surface area contributed by atoms with Crippen LogP contribution in [0.1, 0.15) is 20.7 Å². The van der Waals surface area contributed by atoms with Gasteiger partial charge in [-0.15, -0.1) is 0 Å². The smallest absolute Gasteiger partial charge is 0.343 e. The number of hydrogen-bond acceptors (Lipinski definition) is 7. The van der Waals surface area contributed by atoms with Crippen molar-refractivity contribution >= 4 is 11.9 Å². The topological polar surface area (TPSA) is 87.1 Å². The maximum absolute atomic E-state index is 12.1. The molecule has 1 aromatic rings. The van der Waals surface area contributed by atoms with E-state index in [2.05, 4.69) is 9.47 Å². The lowest BCUT2D eigenvalue weighted by molar-refractivity contribution is 0.0593. The van der Waals surface area contributed by atoms with E-state index in [1.54, 1.807) is 0 Å². The van der Waals surface area contributed by atoms with Gasteiger partial charge in [-0.2, -0.15) is 0 Å². The maximum atomic E-state index is 12.1. The molecule has 0 spiro atoms. The molecular formula is C13H16N2O6. The van der Waals surface area contributed by atoms with Crippen molar-refractivity contribution in [3.05, 3.63) is 33.7 Å². The lowest BCUT2D eigenvalue weighted by Gasteiger charge is -2.31. The molecule has 0 radical (unpaired) electrons. The Balaban J connectivity index is 2.52. The molecule has 1 fully saturated rings. The van der Waals surface area contributed by atoms with Gasteiger partial charge in [0.05, 0.1) is 40.5 Å². The fraction of sp³-hybridized carbons (Fsp3) is 0.462. The predicted octanol–water partition coefficient (Wildman–Crippen LogP) is -0.610. The highest BCUT2D eigenvalue weighted by molar-refractivity contribution is 5.94. The minimum absolute atomic E-state index is 0.216. The molecule has 0 aromatic carbocycles. The van der Waals surface area contributed by atoms with Crippen molar-refractivity contribution in [1.29, 1.82) is 0 Å². The standard InChI is InChI=1S/C13H16N2O6/c1-19-12(17)9-7-15(14-3-5-21-6-4-14)8-10(11(9)16)13(18)20-2/h7-8H,3-6H2,1-2H3. The van der Waals surface area contributed by atoms with Crippen molar-refractivity contribution in [2.24, 2.45) is 0 Å². The van der Waals surface area contributed by atoms with E-state index >= 15 is 0 Å². The second kappa shape index (κ2) is 6.40. The van der Waals surface area contributed by atoms with Crippen LogP contribution in [0.5, 0.6) is 0 Å². The Labute approximate surface area is 120 Å². The lowest BCUT2D eigenvalue weighted by Crippen LogP contribution is -2.45. The van der Waals surface area contributed by atoms with Gasteiger partial charge in [0, 0.05) is 12.4 Å². The summed E-state index contributed by atoms with van der Waals surface area (Å²) in [5.74, 6) is -1.60. The van der Waals surface area contributed by atoms with Gasteiger partial charge in [0.15, 0.2) is 0 Å². The van der Waals surface area contributed by atoms with E-state index in [-0.39, 0.29) is 11.1 Å². The molecular weight excluding hydrogens is 280 g/mol. The molecule has 1 aromatic heterocycles. The van der Waals surface area contributed by atoms with Crippen LogP contribution in [0.15, 0.2) is 17.2 Å². The van der Waals surface area contributed by atoms with Crippen molar-refractivity contribution < 1.29 is 23.8 Å². The number of carbonyl (C=O) groups is 2. The number of nitrogens with zero attached hydrogens (tertiary/aromatic N) is 2. The van der Waals surface area contributed by atoms with Gasteiger partial charge in [-0.1, -0.05) is 0 Å². The minimum Gasteiger partial charge on any atom is -0.465 e. The maximum Gasteiger partial charge on any atom is 0.343 e. The van der Waals surface area contributed by atoms with E-state index in [0.717, 1.165) is 0 Å². The summed E-state index contributed by atoms with van der Waals surface area (Å²) in [6, 6.07) is 0. The molecule has 8 nitrogen and oxygen atoms in total. The highest BCUT2D eigenvalue weighted by atomic mass is 16.5. The monoisotopic (exact) mass is 296 g/mol. The molecule has 114 valence electrons. The van der Waals surface area contributed by atoms with Gasteiger partial charge >= 0.3 is 11.9 Å². The van der Waals surface area contributed by atoms with Crippen LogP contribution >= 0.6 is 0 Å². The second-order valence-electron chi connectivity index (χ2n) is 4.34. The first-order chi connectivity index (χ1) is 10.1. The zero-order valence-corrected chi connectivity index (χ0v) is 11.8. The van der Waals surface area contributed by atoms with E-state index in [0.29, 0.717) is 26.3 Å². The molecule has 1 saturated heterocycles. The molecule has 0 atom stereocenters. The fourth-order valence-electron chi connectivity index (χ4n) is 2.02. The van der Waals surface area contributed by atoms with Crippen molar-refractivity contribution in [1.82, 2.24) is 4.68 Å². The Morgan fingerprint density at radius 3 is 1.95 bits per heavy atom. The van der Waals surface area contributed by atoms with Crippen LogP contribution in [0, 0.1) is 0 Å². The summed E-state index contributed by atoms with van der Waals surface area (Å²) in [4.78, 5) is 35.5. The van der Waals surface area contributed by atoms with Crippen molar-refractivity contribution in [3.8, 4) is 0 Å². The van der Waals surface area contributed by atoms with Crippen LogP contribution in [-0.4, -0.2) is 57.1 Å². The number of pyridine rings is 1. The Hall–Kier alpha value is -2.35. The lowest BCUT2D eigenvalue weighted by atomic mass is 10.2. The van der Waals surface area contributed by atoms with Gasteiger partial charge in [0.1, 0.15) is 11.1 Å². The molecule has 0 saturated carbocycles. The van der Waals surface area contributed by atoms with Gasteiger partial charge in [-0.3, -0.25) is 9.47 Å². The highest BCUT2D eigenvalue weighted by Gasteiger charge is 2.22. The summed E-state index contributed by atoms with van der Waals surface area (Å²) in [5.41, 5.74) is -1.14. The molecule has 0 bridgehead atoms. The van der Waals surface area contributed by atoms with Crippen LogP contribution in [0.25, 0.3) is 0 Å². The summed E-state index contributed by atoms with van der Waals surface area (Å²) in [5, 5.41) is 1.85. The third kappa shape index (κ3) is 3.05. The predicted molar refractivity (Wildman–Crippen MR) is 72.2 cm³/mol. The van der Waals surface area contributed by atoms with Gasteiger partial charge in [-0.25, -0.2) is 9.59 Å².